The third-order valence-electron chi connectivity index (χ3n) is 22.1. The maximum atomic E-state index is 14.7. The molecule has 0 amide bonds. The zero-order valence-corrected chi connectivity index (χ0v) is 63.0. The van der Waals surface area contributed by atoms with Crippen LogP contribution in [0.25, 0.3) is 72.7 Å². The Morgan fingerprint density at radius 2 is 0.721 bits per heavy atom. The monoisotopic (exact) mass is 1430 g/mol. The van der Waals surface area contributed by atoms with Gasteiger partial charge in [0.05, 0.1) is 45.5 Å². The highest BCUT2D eigenvalue weighted by Crippen LogP contribution is 2.68. The molecule has 0 radical (unpaired) electrons. The molecule has 0 aliphatic heterocycles. The first-order chi connectivity index (χ1) is 51.1. The molecule has 4 aromatic heterocycles. The zero-order valence-electron chi connectivity index (χ0n) is 59.7. The number of aryl methyl sites for hydroxylation is 4. The Kier molecular flexibility index (Phi) is 20.2. The number of nitrogens with zero attached hydrogens (tertiary/aromatic N) is 4. The summed E-state index contributed by atoms with van der Waals surface area (Å²) in [6.45, 7) is 25.4. The number of benzene rings is 7. The summed E-state index contributed by atoms with van der Waals surface area (Å²) in [5.41, 5.74) is 19.5. The maximum Gasteiger partial charge on any atom is 0.270 e. The number of unbranched alkanes of at least 4 members (excludes halogenated alkanes) is 12. The van der Waals surface area contributed by atoms with Gasteiger partial charge in [0.1, 0.15) is 0 Å². The Hall–Kier alpha value is -9.88. The van der Waals surface area contributed by atoms with Gasteiger partial charge in [0.2, 0.25) is 0 Å². The van der Waals surface area contributed by atoms with E-state index >= 15 is 0 Å². The number of rotatable bonds is 26. The van der Waals surface area contributed by atoms with E-state index in [9.17, 15) is 20.1 Å². The minimum Gasteiger partial charge on any atom is -0.289 e. The van der Waals surface area contributed by atoms with Crippen LogP contribution in [0.3, 0.4) is 0 Å². The van der Waals surface area contributed by atoms with E-state index in [1.807, 2.05) is 71.2 Å². The molecular formula is C94H82N4O2S4. The molecule has 6 nitrogen and oxygen atoms in total. The molecule has 104 heavy (non-hydrogen) atoms. The van der Waals surface area contributed by atoms with E-state index < -0.39 is 10.8 Å². The van der Waals surface area contributed by atoms with Crippen LogP contribution in [-0.4, -0.2) is 11.6 Å². The predicted octanol–water partition coefficient (Wildman–Crippen LogP) is 26.3. The molecule has 4 aliphatic rings. The van der Waals surface area contributed by atoms with E-state index in [2.05, 4.69) is 171 Å². The zero-order chi connectivity index (χ0) is 71.6. The second-order valence-electron chi connectivity index (χ2n) is 28.5. The molecule has 0 fully saturated rings. The van der Waals surface area contributed by atoms with Crippen LogP contribution in [-0.2, 0) is 36.5 Å². The molecule has 11 aromatic rings. The Bertz CT molecular complexity index is 5100. The number of carbonyl (C=O) groups is 2. The van der Waals surface area contributed by atoms with E-state index in [1.165, 1.54) is 139 Å². The van der Waals surface area contributed by atoms with Crippen molar-refractivity contribution >= 4 is 99.0 Å². The van der Waals surface area contributed by atoms with Crippen LogP contribution in [0.2, 0.25) is 0 Å². The van der Waals surface area contributed by atoms with E-state index in [1.54, 1.807) is 34.8 Å². The lowest BCUT2D eigenvalue weighted by Crippen LogP contribution is -2.30. The number of hydrogen-bond acceptors (Lipinski definition) is 8. The smallest absolute Gasteiger partial charge is 0.270 e. The number of allylic oxidation sites excluding steroid dienone is 6. The van der Waals surface area contributed by atoms with Gasteiger partial charge in [0.15, 0.2) is 11.6 Å². The molecule has 0 unspecified atom stereocenters. The third kappa shape index (κ3) is 12.0. The summed E-state index contributed by atoms with van der Waals surface area (Å²) in [5, 5.41) is 21.0. The van der Waals surface area contributed by atoms with Crippen molar-refractivity contribution in [2.75, 3.05) is 0 Å². The van der Waals surface area contributed by atoms with Crippen molar-refractivity contribution in [1.82, 2.24) is 0 Å². The van der Waals surface area contributed by atoms with Gasteiger partial charge >= 0.3 is 0 Å². The Labute approximate surface area is 628 Å². The van der Waals surface area contributed by atoms with Crippen LogP contribution in [0.15, 0.2) is 192 Å². The summed E-state index contributed by atoms with van der Waals surface area (Å²) in [4.78, 5) is 41.1. The molecule has 514 valence electrons. The fourth-order valence-corrected chi connectivity index (χ4v) is 22.7. The van der Waals surface area contributed by atoms with Gasteiger partial charge in [-0.1, -0.05) is 250 Å². The molecule has 0 N–H and O–H groups in total. The van der Waals surface area contributed by atoms with Crippen LogP contribution in [0.5, 0.6) is 0 Å². The molecule has 10 heteroatoms. The van der Waals surface area contributed by atoms with Gasteiger partial charge in [-0.25, -0.2) is 20.2 Å². The molecule has 0 saturated carbocycles. The quantitative estimate of drug-likeness (QED) is 0.0234. The highest BCUT2D eigenvalue weighted by atomic mass is 32.1. The molecule has 4 aliphatic carbocycles. The summed E-state index contributed by atoms with van der Waals surface area (Å²) in [5.74, 6) is -0.366. The van der Waals surface area contributed by atoms with Crippen molar-refractivity contribution in [2.24, 2.45) is 0 Å². The van der Waals surface area contributed by atoms with Gasteiger partial charge in [-0.15, -0.1) is 45.3 Å². The van der Waals surface area contributed by atoms with Crippen LogP contribution in [0, 0.1) is 35.8 Å². The SMILES string of the molecule is [C-]#[N+]C(C#N)=C1/C(=C/c2cc3sc4c(c3s2)C(c2cccc(CCCCCC)c2)(c2cccc(CCCCCC)c2)c2cc3c(cc2-4)C(c2cccc(CCCCCC)c2)(c2cccc(CCCCCC)c2)c2c-3sc3cc(/C=C4\C(=O)c5ccccc5\C4=C(\C#N)[N+]#[C-])sc23)C(=O)c2ccccc21. The van der Waals surface area contributed by atoms with Crippen molar-refractivity contribution in [3.63, 3.8) is 0 Å². The average Bonchev–Trinajstić information content (AvgIpc) is 1.49. The number of carbonyl (C=O) groups excluding carboxylic acids is 2. The van der Waals surface area contributed by atoms with Gasteiger partial charge in [0.25, 0.3) is 11.4 Å². The Morgan fingerprint density at radius 1 is 0.394 bits per heavy atom. The summed E-state index contributed by atoms with van der Waals surface area (Å²) in [6.07, 6.45) is 26.2. The third-order valence-corrected chi connectivity index (χ3v) is 26.9. The highest BCUT2D eigenvalue weighted by molar-refractivity contribution is 7.31. The molecule has 0 atom stereocenters. The molecule has 15 rings (SSSR count). The summed E-state index contributed by atoms with van der Waals surface area (Å²) >= 11 is 7.09. The van der Waals surface area contributed by atoms with Crippen molar-refractivity contribution in [3.05, 3.63) is 314 Å². The van der Waals surface area contributed by atoms with Crippen molar-refractivity contribution in [1.29, 1.82) is 10.5 Å². The van der Waals surface area contributed by atoms with E-state index in [-0.39, 0.29) is 23.0 Å². The molecule has 0 bridgehead atoms. The van der Waals surface area contributed by atoms with Gasteiger partial charge in [-0.3, -0.25) is 9.59 Å². The number of thiophene rings is 4. The van der Waals surface area contributed by atoms with Gasteiger partial charge in [-0.2, -0.15) is 0 Å². The van der Waals surface area contributed by atoms with Crippen LogP contribution < -0.4 is 0 Å². The molecule has 0 saturated heterocycles. The summed E-state index contributed by atoms with van der Waals surface area (Å²) in [7, 11) is 0. The number of ketones is 2. The molecular weight excluding hydrogens is 1350 g/mol. The van der Waals surface area contributed by atoms with Crippen molar-refractivity contribution in [2.45, 2.75) is 167 Å². The van der Waals surface area contributed by atoms with E-state index in [0.29, 0.717) is 44.5 Å². The average molecular weight is 1430 g/mol. The summed E-state index contributed by atoms with van der Waals surface area (Å²) in [6, 6.07) is 67.0. The second-order valence-corrected chi connectivity index (χ2v) is 32.8. The molecule has 4 heterocycles. The first-order valence-corrected chi connectivity index (χ1v) is 40.8. The molecule has 0 spiro atoms. The second kappa shape index (κ2) is 30.1. The number of Topliss-reactive ketones (excluding diaryl/α,β-unsaturated/α-hetero) is 2. The van der Waals surface area contributed by atoms with Gasteiger partial charge < -0.3 is 0 Å². The summed E-state index contributed by atoms with van der Waals surface area (Å²) < 4.78 is 4.55. The van der Waals surface area contributed by atoms with Crippen LogP contribution in [0.1, 0.15) is 239 Å². The van der Waals surface area contributed by atoms with Crippen molar-refractivity contribution in [3.8, 4) is 33.0 Å². The van der Waals surface area contributed by atoms with Crippen LogP contribution >= 0.6 is 45.3 Å². The van der Waals surface area contributed by atoms with Gasteiger partial charge in [0, 0.05) is 73.5 Å². The predicted molar refractivity (Wildman–Crippen MR) is 435 cm³/mol. The lowest BCUT2D eigenvalue weighted by Gasteiger charge is -2.36. The Morgan fingerprint density at radius 3 is 1.03 bits per heavy atom. The highest BCUT2D eigenvalue weighted by Gasteiger charge is 2.55. The van der Waals surface area contributed by atoms with Crippen LogP contribution in [0.4, 0.5) is 0 Å². The Balaban J connectivity index is 1.04. The largest absolute Gasteiger partial charge is 0.289 e. The minimum atomic E-state index is -0.838. The first kappa shape index (κ1) is 69.8. The lowest BCUT2D eigenvalue weighted by atomic mass is 9.65. The standard InChI is InChI=1S/C94H82N4O2S4/c1-7-11-15-19-31-59-35-27-39-63(47-59)93(64-40-28-36-60(48-64)32-20-16-12-8-2)77-55-74-78(56-73(77)89-85(93)91-81(103-89)53-67(101-91)51-75-83(79(57-95)97-5)69-43-23-25-45-71(69)87(75)99)94(65-41-29-37-61(49-65)33-21-17-13-9-3,66-42-30-38-62(50-66)34-22-18-14-10-4)86-90(74)104-82-54-68(102-92(82)86)52-76-84(80(58-96)98-6)70-44-24-26-46-72(70)88(76)100/h23-30,35-56H,7-22,31-34H2,1-4H3/b75-51-,76-52-,83-79+,84-80?. The fraction of sp³-hybridized carbons (Fsp3) is 0.277. The lowest BCUT2D eigenvalue weighted by molar-refractivity contribution is 0.103. The number of hydrogen-bond donors (Lipinski definition) is 0. The fourth-order valence-electron chi connectivity index (χ4n) is 17.2. The topological polar surface area (TPSA) is 90.4 Å². The first-order valence-electron chi connectivity index (χ1n) is 37.5. The maximum absolute atomic E-state index is 14.7. The molecule has 7 aromatic carbocycles. The van der Waals surface area contributed by atoms with E-state index in [0.717, 1.165) is 106 Å². The van der Waals surface area contributed by atoms with Crippen molar-refractivity contribution < 1.29 is 9.59 Å². The normalized spacial score (nSPS) is 15.9. The minimum absolute atomic E-state index is 0.0913. The number of nitriles is 2. The van der Waals surface area contributed by atoms with Gasteiger partial charge in [-0.05, 0) is 166 Å². The van der Waals surface area contributed by atoms with E-state index in [4.69, 9.17) is 13.1 Å². The number of fused-ring (bicyclic) bond motifs is 12.